The van der Waals surface area contributed by atoms with Gasteiger partial charge in [-0.2, -0.15) is 0 Å². The third kappa shape index (κ3) is 5.96. The summed E-state index contributed by atoms with van der Waals surface area (Å²) < 4.78 is 5.81. The molecule has 1 N–H and O–H groups in total. The van der Waals surface area contributed by atoms with Gasteiger partial charge in [-0.3, -0.25) is 14.8 Å². The van der Waals surface area contributed by atoms with Gasteiger partial charge in [-0.1, -0.05) is 27.7 Å². The van der Waals surface area contributed by atoms with Crippen molar-refractivity contribution in [2.45, 2.75) is 60.3 Å². The maximum atomic E-state index is 11.6. The number of aliphatic carboxylic acids is 1. The molecule has 1 aliphatic heterocycles. The highest BCUT2D eigenvalue weighted by atomic mass is 16.5. The van der Waals surface area contributed by atoms with Gasteiger partial charge in [-0.15, -0.1) is 0 Å². The number of ether oxygens (including phenoxy) is 1. The van der Waals surface area contributed by atoms with Crippen molar-refractivity contribution in [1.29, 1.82) is 0 Å². The maximum absolute atomic E-state index is 11.6. The molecule has 0 atom stereocenters. The van der Waals surface area contributed by atoms with Crippen molar-refractivity contribution < 1.29 is 14.6 Å². The molecule has 0 radical (unpaired) electrons. The predicted octanol–water partition coefficient (Wildman–Crippen LogP) is 5.13. The number of hydrogen-bond donors (Lipinski definition) is 1. The van der Waals surface area contributed by atoms with E-state index in [-0.39, 0.29) is 6.42 Å². The van der Waals surface area contributed by atoms with Crippen LogP contribution >= 0.6 is 0 Å². The van der Waals surface area contributed by atoms with Crippen LogP contribution in [0.2, 0.25) is 0 Å². The lowest BCUT2D eigenvalue weighted by atomic mass is 9.82. The van der Waals surface area contributed by atoms with Gasteiger partial charge >= 0.3 is 5.97 Å². The van der Waals surface area contributed by atoms with E-state index in [2.05, 4.69) is 42.6 Å². The Hall–Kier alpha value is -2.63. The van der Waals surface area contributed by atoms with Crippen molar-refractivity contribution in [2.75, 3.05) is 24.6 Å². The molecule has 3 rings (SSSR count). The highest BCUT2D eigenvalue weighted by molar-refractivity contribution is 5.83. The van der Waals surface area contributed by atoms with Gasteiger partial charge in [0.2, 0.25) is 0 Å². The van der Waals surface area contributed by atoms with Gasteiger partial charge in [0.05, 0.1) is 30.6 Å². The fourth-order valence-electron chi connectivity index (χ4n) is 3.92. The molecule has 1 aliphatic rings. The second kappa shape index (κ2) is 9.67. The number of nitrogens with zero attached hydrogens (tertiary/aromatic N) is 3. The lowest BCUT2D eigenvalue weighted by Gasteiger charge is -2.40. The van der Waals surface area contributed by atoms with E-state index in [1.807, 2.05) is 25.3 Å². The first kappa shape index (κ1) is 23.0. The van der Waals surface area contributed by atoms with Crippen LogP contribution in [0.15, 0.2) is 24.5 Å². The Kier molecular flexibility index (Phi) is 7.19. The third-order valence-electron chi connectivity index (χ3n) is 6.10. The van der Waals surface area contributed by atoms with Crippen molar-refractivity contribution in [1.82, 2.24) is 9.97 Å². The van der Waals surface area contributed by atoms with Gasteiger partial charge in [0.1, 0.15) is 5.75 Å². The summed E-state index contributed by atoms with van der Waals surface area (Å²) in [6.07, 6.45) is 6.66. The molecule has 0 aliphatic carbocycles. The van der Waals surface area contributed by atoms with E-state index in [1.54, 1.807) is 6.20 Å². The fourth-order valence-corrected chi connectivity index (χ4v) is 3.92. The molecule has 2 aromatic rings. The Bertz CT molecular complexity index is 897. The summed E-state index contributed by atoms with van der Waals surface area (Å²) in [6.45, 7) is 13.3. The number of rotatable bonds is 8. The molecule has 0 amide bonds. The van der Waals surface area contributed by atoms with Crippen LogP contribution in [0.1, 0.15) is 58.2 Å². The molecule has 31 heavy (non-hydrogen) atoms. The molecule has 0 saturated carbocycles. The molecule has 6 heteroatoms. The summed E-state index contributed by atoms with van der Waals surface area (Å²) >= 11 is 0. The average Bonchev–Trinajstić information content (AvgIpc) is 2.70. The number of piperidine rings is 1. The number of carbonyl (C=O) groups is 1. The largest absolute Gasteiger partial charge is 0.492 e. The number of hydrogen-bond acceptors (Lipinski definition) is 5. The topological polar surface area (TPSA) is 75.6 Å². The number of carboxylic acids is 1. The Labute approximate surface area is 185 Å². The average molecular weight is 426 g/mol. The minimum absolute atomic E-state index is 0.0434. The SMILES string of the molecule is Cc1ncc(-c2ccc(OCCC(C)C)cn2)c(N2CCC(C)(C)CC2)c1CC(=O)O. The summed E-state index contributed by atoms with van der Waals surface area (Å²) in [5.74, 6) is 0.495. The number of aryl methyl sites for hydroxylation is 1. The lowest BCUT2D eigenvalue weighted by molar-refractivity contribution is -0.136. The van der Waals surface area contributed by atoms with E-state index in [0.29, 0.717) is 17.9 Å². The number of aromatic nitrogens is 2. The molecule has 168 valence electrons. The molecular weight excluding hydrogens is 390 g/mol. The molecule has 0 bridgehead atoms. The molecule has 2 aromatic heterocycles. The smallest absolute Gasteiger partial charge is 0.307 e. The van der Waals surface area contributed by atoms with Crippen LogP contribution in [-0.4, -0.2) is 40.7 Å². The summed E-state index contributed by atoms with van der Waals surface area (Å²) in [5.41, 5.74) is 4.49. The van der Waals surface area contributed by atoms with Crippen molar-refractivity contribution in [3.8, 4) is 17.0 Å². The van der Waals surface area contributed by atoms with E-state index >= 15 is 0 Å². The molecule has 1 saturated heterocycles. The van der Waals surface area contributed by atoms with Gasteiger partial charge in [0, 0.05) is 36.1 Å². The van der Waals surface area contributed by atoms with E-state index < -0.39 is 5.97 Å². The molecule has 6 nitrogen and oxygen atoms in total. The summed E-state index contributed by atoms with van der Waals surface area (Å²) in [6, 6.07) is 3.88. The van der Waals surface area contributed by atoms with E-state index in [0.717, 1.165) is 66.3 Å². The molecule has 0 unspecified atom stereocenters. The summed E-state index contributed by atoms with van der Waals surface area (Å²) in [7, 11) is 0. The Morgan fingerprint density at radius 3 is 2.48 bits per heavy atom. The van der Waals surface area contributed by atoms with Crippen molar-refractivity contribution in [3.63, 3.8) is 0 Å². The third-order valence-corrected chi connectivity index (χ3v) is 6.10. The monoisotopic (exact) mass is 425 g/mol. The van der Waals surface area contributed by atoms with Crippen LogP contribution in [0.4, 0.5) is 5.69 Å². The van der Waals surface area contributed by atoms with E-state index in [1.165, 1.54) is 0 Å². The fraction of sp³-hybridized carbons (Fsp3) is 0.560. The highest BCUT2D eigenvalue weighted by Crippen LogP contribution is 2.39. The number of carboxylic acid groups (broad SMARTS) is 1. The molecule has 1 fully saturated rings. The first-order chi connectivity index (χ1) is 14.7. The van der Waals surface area contributed by atoms with Crippen LogP contribution in [-0.2, 0) is 11.2 Å². The second-order valence-electron chi connectivity index (χ2n) is 9.72. The molecule has 3 heterocycles. The lowest BCUT2D eigenvalue weighted by Crippen LogP contribution is -2.38. The van der Waals surface area contributed by atoms with Crippen molar-refractivity contribution in [2.24, 2.45) is 11.3 Å². The first-order valence-electron chi connectivity index (χ1n) is 11.2. The normalized spacial score (nSPS) is 15.9. The highest BCUT2D eigenvalue weighted by Gasteiger charge is 2.29. The van der Waals surface area contributed by atoms with Gasteiger partial charge in [0.15, 0.2) is 0 Å². The van der Waals surface area contributed by atoms with Crippen molar-refractivity contribution >= 4 is 11.7 Å². The zero-order chi connectivity index (χ0) is 22.6. The van der Waals surface area contributed by atoms with Crippen LogP contribution in [0, 0.1) is 18.3 Å². The number of anilines is 1. The van der Waals surface area contributed by atoms with Crippen molar-refractivity contribution in [3.05, 3.63) is 35.8 Å². The quantitative estimate of drug-likeness (QED) is 0.632. The van der Waals surface area contributed by atoms with Crippen LogP contribution in [0.25, 0.3) is 11.3 Å². The Balaban J connectivity index is 1.95. The van der Waals surface area contributed by atoms with E-state index in [9.17, 15) is 9.90 Å². The maximum Gasteiger partial charge on any atom is 0.307 e. The van der Waals surface area contributed by atoms with Gasteiger partial charge in [0.25, 0.3) is 0 Å². The first-order valence-corrected chi connectivity index (χ1v) is 11.2. The zero-order valence-electron chi connectivity index (χ0n) is 19.4. The van der Waals surface area contributed by atoms with Crippen LogP contribution in [0.5, 0.6) is 5.75 Å². The second-order valence-corrected chi connectivity index (χ2v) is 9.72. The Morgan fingerprint density at radius 1 is 1.19 bits per heavy atom. The van der Waals surface area contributed by atoms with E-state index in [4.69, 9.17) is 4.74 Å². The Morgan fingerprint density at radius 2 is 1.90 bits per heavy atom. The van der Waals surface area contributed by atoms with Gasteiger partial charge < -0.3 is 14.7 Å². The number of pyridine rings is 2. The van der Waals surface area contributed by atoms with Gasteiger partial charge in [-0.05, 0) is 49.7 Å². The molecule has 0 spiro atoms. The molecular formula is C25H35N3O3. The van der Waals surface area contributed by atoms with Crippen LogP contribution in [0.3, 0.4) is 0 Å². The summed E-state index contributed by atoms with van der Waals surface area (Å²) in [5, 5.41) is 9.54. The minimum atomic E-state index is -0.845. The molecule has 0 aromatic carbocycles. The van der Waals surface area contributed by atoms with Crippen LogP contribution < -0.4 is 9.64 Å². The minimum Gasteiger partial charge on any atom is -0.492 e. The predicted molar refractivity (Wildman–Crippen MR) is 124 cm³/mol. The van der Waals surface area contributed by atoms with Gasteiger partial charge in [-0.25, -0.2) is 0 Å². The zero-order valence-corrected chi connectivity index (χ0v) is 19.4. The standard InChI is InChI=1S/C25H35N3O3/c1-17(2)8-13-31-19-6-7-22(27-15-19)21-16-26-18(3)20(14-23(29)30)24(21)28-11-9-25(4,5)10-12-28/h6-7,15-17H,8-14H2,1-5H3,(H,29,30). The summed E-state index contributed by atoms with van der Waals surface area (Å²) in [4.78, 5) is 23.1.